The van der Waals surface area contributed by atoms with E-state index in [-0.39, 0.29) is 17.9 Å². The second-order valence-corrected chi connectivity index (χ2v) is 5.53. The molecule has 0 aromatic rings. The Bertz CT molecular complexity index is 397. The van der Waals surface area contributed by atoms with Gasteiger partial charge in [0.05, 0.1) is 6.04 Å². The summed E-state index contributed by atoms with van der Waals surface area (Å²) in [5.74, 6) is 0.0493. The van der Waals surface area contributed by atoms with Crippen molar-refractivity contribution in [3.8, 4) is 0 Å². The SMILES string of the molecule is CC1=C[C]=C[C@@H](NC(=O)[C@H](C)NC(=O)CC(C)C)C1. The molecule has 0 bridgehead atoms. The molecule has 1 aliphatic rings. The predicted octanol–water partition coefficient (Wildman–Crippen LogP) is 1.73. The number of carbonyl (C=O) groups excluding carboxylic acids is 2. The van der Waals surface area contributed by atoms with Crippen LogP contribution in [-0.4, -0.2) is 23.9 Å². The molecule has 4 heteroatoms. The third-order valence-corrected chi connectivity index (χ3v) is 2.86. The van der Waals surface area contributed by atoms with Crippen LogP contribution in [0.2, 0.25) is 0 Å². The van der Waals surface area contributed by atoms with E-state index in [4.69, 9.17) is 0 Å². The first-order chi connectivity index (χ1) is 8.88. The minimum atomic E-state index is -0.508. The lowest BCUT2D eigenvalue weighted by Gasteiger charge is -2.21. The fourth-order valence-electron chi connectivity index (χ4n) is 1.91. The average Bonchev–Trinajstić information content (AvgIpc) is 2.27. The van der Waals surface area contributed by atoms with E-state index in [1.54, 1.807) is 6.92 Å². The molecule has 0 saturated carbocycles. The van der Waals surface area contributed by atoms with E-state index in [0.29, 0.717) is 12.3 Å². The summed E-state index contributed by atoms with van der Waals surface area (Å²) >= 11 is 0. The van der Waals surface area contributed by atoms with Gasteiger partial charge in [-0.15, -0.1) is 0 Å². The highest BCUT2D eigenvalue weighted by Gasteiger charge is 2.19. The van der Waals surface area contributed by atoms with Crippen LogP contribution in [0.5, 0.6) is 0 Å². The number of amides is 2. The minimum absolute atomic E-state index is 0.0260. The summed E-state index contributed by atoms with van der Waals surface area (Å²) in [5, 5.41) is 5.61. The molecule has 1 aliphatic carbocycles. The van der Waals surface area contributed by atoms with Crippen LogP contribution in [0.1, 0.15) is 40.5 Å². The van der Waals surface area contributed by atoms with E-state index < -0.39 is 6.04 Å². The van der Waals surface area contributed by atoms with Gasteiger partial charge in [0, 0.05) is 6.42 Å². The first-order valence-corrected chi connectivity index (χ1v) is 6.73. The van der Waals surface area contributed by atoms with Crippen LogP contribution in [0.15, 0.2) is 17.7 Å². The molecule has 0 unspecified atom stereocenters. The van der Waals surface area contributed by atoms with Gasteiger partial charge >= 0.3 is 0 Å². The summed E-state index contributed by atoms with van der Waals surface area (Å²) in [6.07, 6.45) is 8.00. The van der Waals surface area contributed by atoms with Crippen molar-refractivity contribution in [1.29, 1.82) is 0 Å². The van der Waals surface area contributed by atoms with Gasteiger partial charge in [0.25, 0.3) is 0 Å². The van der Waals surface area contributed by atoms with Crippen molar-refractivity contribution in [3.63, 3.8) is 0 Å². The molecular formula is C15H23N2O2. The minimum Gasteiger partial charge on any atom is -0.348 e. The molecule has 0 fully saturated rings. The Balaban J connectivity index is 2.39. The number of rotatable bonds is 5. The maximum absolute atomic E-state index is 11.9. The molecule has 0 saturated heterocycles. The van der Waals surface area contributed by atoms with E-state index in [2.05, 4.69) is 16.7 Å². The Morgan fingerprint density at radius 2 is 2.11 bits per heavy atom. The summed E-state index contributed by atoms with van der Waals surface area (Å²) in [7, 11) is 0. The fraction of sp³-hybridized carbons (Fsp3) is 0.600. The third kappa shape index (κ3) is 5.73. The predicted molar refractivity (Wildman–Crippen MR) is 75.2 cm³/mol. The van der Waals surface area contributed by atoms with E-state index in [1.807, 2.05) is 32.9 Å². The highest BCUT2D eigenvalue weighted by atomic mass is 16.2. The number of nitrogens with one attached hydrogen (secondary N) is 2. The lowest BCUT2D eigenvalue weighted by molar-refractivity contribution is -0.129. The molecule has 1 rings (SSSR count). The average molecular weight is 263 g/mol. The van der Waals surface area contributed by atoms with Gasteiger partial charge in [0.1, 0.15) is 6.04 Å². The van der Waals surface area contributed by atoms with Crippen LogP contribution in [0.3, 0.4) is 0 Å². The first kappa shape index (κ1) is 15.5. The lowest BCUT2D eigenvalue weighted by atomic mass is 10.0. The lowest BCUT2D eigenvalue weighted by Crippen LogP contribution is -2.48. The molecule has 2 atom stereocenters. The van der Waals surface area contributed by atoms with Gasteiger partial charge in [-0.25, -0.2) is 0 Å². The molecule has 19 heavy (non-hydrogen) atoms. The Morgan fingerprint density at radius 1 is 1.42 bits per heavy atom. The molecule has 0 spiro atoms. The van der Waals surface area contributed by atoms with Gasteiger partial charge in [-0.05, 0) is 32.3 Å². The van der Waals surface area contributed by atoms with Crippen molar-refractivity contribution < 1.29 is 9.59 Å². The molecule has 0 heterocycles. The maximum atomic E-state index is 11.9. The number of carbonyl (C=O) groups is 2. The zero-order valence-corrected chi connectivity index (χ0v) is 12.1. The zero-order chi connectivity index (χ0) is 14.4. The van der Waals surface area contributed by atoms with Crippen LogP contribution in [0, 0.1) is 12.0 Å². The fourth-order valence-corrected chi connectivity index (χ4v) is 1.91. The van der Waals surface area contributed by atoms with Crippen LogP contribution in [-0.2, 0) is 9.59 Å². The Kier molecular flexibility index (Phi) is 5.80. The molecule has 4 nitrogen and oxygen atoms in total. The van der Waals surface area contributed by atoms with Crippen molar-refractivity contribution >= 4 is 11.8 Å². The number of hydrogen-bond donors (Lipinski definition) is 2. The molecule has 0 aliphatic heterocycles. The summed E-state index contributed by atoms with van der Waals surface area (Å²) in [4.78, 5) is 23.5. The first-order valence-electron chi connectivity index (χ1n) is 6.73. The summed E-state index contributed by atoms with van der Waals surface area (Å²) in [6.45, 7) is 7.66. The Morgan fingerprint density at radius 3 is 2.68 bits per heavy atom. The topological polar surface area (TPSA) is 58.2 Å². The van der Waals surface area contributed by atoms with Crippen LogP contribution in [0.4, 0.5) is 0 Å². The van der Waals surface area contributed by atoms with Crippen molar-refractivity contribution in [2.45, 2.75) is 52.6 Å². The summed E-state index contributed by atoms with van der Waals surface area (Å²) in [5.41, 5.74) is 1.18. The van der Waals surface area contributed by atoms with Gasteiger partial charge in [-0.1, -0.05) is 31.6 Å². The zero-order valence-electron chi connectivity index (χ0n) is 12.1. The summed E-state index contributed by atoms with van der Waals surface area (Å²) < 4.78 is 0. The van der Waals surface area contributed by atoms with Crippen molar-refractivity contribution in [3.05, 3.63) is 23.8 Å². The molecule has 2 N–H and O–H groups in total. The van der Waals surface area contributed by atoms with Gasteiger partial charge in [0.15, 0.2) is 0 Å². The van der Waals surface area contributed by atoms with Crippen LogP contribution >= 0.6 is 0 Å². The Hall–Kier alpha value is -1.58. The molecular weight excluding hydrogens is 240 g/mol. The van der Waals surface area contributed by atoms with Gasteiger partial charge in [-0.3, -0.25) is 9.59 Å². The normalized spacial score (nSPS) is 19.8. The standard InChI is InChI=1S/C15H23N2O2/c1-10(2)8-14(18)16-12(4)15(19)17-13-7-5-6-11(3)9-13/h6-7,10,12-13H,8-9H2,1-4H3,(H,16,18)(H,17,19)/t12-,13+/m0/s1. The van der Waals surface area contributed by atoms with E-state index in [9.17, 15) is 9.59 Å². The highest BCUT2D eigenvalue weighted by molar-refractivity contribution is 5.87. The molecule has 0 aromatic carbocycles. The molecule has 2 amide bonds. The van der Waals surface area contributed by atoms with Gasteiger partial charge < -0.3 is 10.6 Å². The van der Waals surface area contributed by atoms with E-state index >= 15 is 0 Å². The second kappa shape index (κ2) is 7.12. The highest BCUT2D eigenvalue weighted by Crippen LogP contribution is 2.11. The van der Waals surface area contributed by atoms with Gasteiger partial charge in [-0.2, -0.15) is 0 Å². The monoisotopic (exact) mass is 263 g/mol. The Labute approximate surface area is 115 Å². The van der Waals surface area contributed by atoms with E-state index in [0.717, 1.165) is 6.42 Å². The van der Waals surface area contributed by atoms with Gasteiger partial charge in [0.2, 0.25) is 11.8 Å². The van der Waals surface area contributed by atoms with Crippen molar-refractivity contribution in [2.75, 3.05) is 0 Å². The number of allylic oxidation sites excluding steroid dienone is 2. The molecule has 105 valence electrons. The summed E-state index contributed by atoms with van der Waals surface area (Å²) in [6, 6.07) is -0.534. The van der Waals surface area contributed by atoms with Crippen LogP contribution < -0.4 is 10.6 Å². The largest absolute Gasteiger partial charge is 0.348 e. The third-order valence-electron chi connectivity index (χ3n) is 2.86. The number of hydrogen-bond acceptors (Lipinski definition) is 2. The van der Waals surface area contributed by atoms with E-state index in [1.165, 1.54) is 5.57 Å². The van der Waals surface area contributed by atoms with Crippen LogP contribution in [0.25, 0.3) is 0 Å². The maximum Gasteiger partial charge on any atom is 0.242 e. The van der Waals surface area contributed by atoms with Crippen molar-refractivity contribution in [2.24, 2.45) is 5.92 Å². The second-order valence-electron chi connectivity index (χ2n) is 5.53. The molecule has 1 radical (unpaired) electrons. The quantitative estimate of drug-likeness (QED) is 0.793. The molecule has 0 aromatic heterocycles. The van der Waals surface area contributed by atoms with Crippen molar-refractivity contribution in [1.82, 2.24) is 10.6 Å². The smallest absolute Gasteiger partial charge is 0.242 e.